The highest BCUT2D eigenvalue weighted by atomic mass is 32.2. The number of thiophene rings is 1. The summed E-state index contributed by atoms with van der Waals surface area (Å²) in [7, 11) is -2.98. The van der Waals surface area contributed by atoms with Crippen molar-refractivity contribution >= 4 is 27.1 Å². The molecule has 0 saturated heterocycles. The highest BCUT2D eigenvalue weighted by Crippen LogP contribution is 2.46. The van der Waals surface area contributed by atoms with Crippen LogP contribution in [0.5, 0.6) is 0 Å². The zero-order valence-corrected chi connectivity index (χ0v) is 16.1. The van der Waals surface area contributed by atoms with Gasteiger partial charge in [-0.05, 0) is 38.1 Å². The summed E-state index contributed by atoms with van der Waals surface area (Å²) in [4.78, 5) is 5.34. The minimum absolute atomic E-state index is 0.167. The van der Waals surface area contributed by atoms with Gasteiger partial charge >= 0.3 is 0 Å². The van der Waals surface area contributed by atoms with E-state index in [0.29, 0.717) is 19.0 Å². The Labute approximate surface area is 148 Å². The van der Waals surface area contributed by atoms with Gasteiger partial charge in [-0.2, -0.15) is 0 Å². The molecule has 1 saturated carbocycles. The predicted molar refractivity (Wildman–Crippen MR) is 99.2 cm³/mol. The second-order valence-electron chi connectivity index (χ2n) is 6.87. The Morgan fingerprint density at radius 2 is 2.17 bits per heavy atom. The van der Waals surface area contributed by atoms with Crippen molar-refractivity contribution in [1.29, 1.82) is 0 Å². The van der Waals surface area contributed by atoms with Crippen LogP contribution in [0.15, 0.2) is 22.5 Å². The molecule has 1 heterocycles. The van der Waals surface area contributed by atoms with Gasteiger partial charge in [0, 0.05) is 29.6 Å². The summed E-state index contributed by atoms with van der Waals surface area (Å²) >= 11 is 1.50. The van der Waals surface area contributed by atoms with E-state index < -0.39 is 15.4 Å². The quantitative estimate of drug-likeness (QED) is 0.472. The van der Waals surface area contributed by atoms with Gasteiger partial charge in [-0.25, -0.2) is 13.4 Å². The maximum absolute atomic E-state index is 11.5. The van der Waals surface area contributed by atoms with Gasteiger partial charge in [-0.1, -0.05) is 6.07 Å². The Hall–Kier alpha value is -1.12. The smallest absolute Gasteiger partial charge is 0.191 e. The van der Waals surface area contributed by atoms with E-state index in [9.17, 15) is 13.5 Å². The molecule has 3 N–H and O–H groups in total. The second-order valence-corrected chi connectivity index (χ2v) is 9.96. The van der Waals surface area contributed by atoms with Crippen LogP contribution in [0.1, 0.15) is 31.6 Å². The molecule has 0 aromatic carbocycles. The molecule has 8 heteroatoms. The van der Waals surface area contributed by atoms with Crippen LogP contribution in [0.25, 0.3) is 0 Å². The third-order valence-electron chi connectivity index (χ3n) is 4.10. The lowest BCUT2D eigenvalue weighted by molar-refractivity contribution is 0.0711. The molecule has 1 aliphatic carbocycles. The molecule has 1 aliphatic rings. The van der Waals surface area contributed by atoms with Gasteiger partial charge in [-0.3, -0.25) is 0 Å². The van der Waals surface area contributed by atoms with E-state index >= 15 is 0 Å². The molecule has 1 atom stereocenters. The Balaban J connectivity index is 1.96. The average Bonchev–Trinajstić information content (AvgIpc) is 3.01. The summed E-state index contributed by atoms with van der Waals surface area (Å²) in [5.41, 5.74) is -1.18. The van der Waals surface area contributed by atoms with Crippen molar-refractivity contribution < 1.29 is 13.5 Å². The molecule has 0 radical (unpaired) electrons. The SMILES string of the molecule is CCNC(=NCC(C)(O)c1cccs1)NCC1(CS(C)(=O)=O)CC1. The summed E-state index contributed by atoms with van der Waals surface area (Å²) in [6.45, 7) is 5.23. The molecule has 1 fully saturated rings. The van der Waals surface area contributed by atoms with Gasteiger partial charge in [0.05, 0.1) is 12.3 Å². The fourth-order valence-corrected chi connectivity index (χ4v) is 4.90. The zero-order valence-electron chi connectivity index (χ0n) is 14.5. The highest BCUT2D eigenvalue weighted by Gasteiger charge is 2.45. The Kier molecular flexibility index (Phi) is 5.93. The van der Waals surface area contributed by atoms with Crippen LogP contribution in [0.2, 0.25) is 0 Å². The first-order valence-corrected chi connectivity index (χ1v) is 11.1. The number of aliphatic hydroxyl groups is 1. The summed E-state index contributed by atoms with van der Waals surface area (Å²) in [5, 5.41) is 18.9. The maximum atomic E-state index is 11.5. The maximum Gasteiger partial charge on any atom is 0.191 e. The lowest BCUT2D eigenvalue weighted by Gasteiger charge is -2.22. The van der Waals surface area contributed by atoms with E-state index in [4.69, 9.17) is 0 Å². The predicted octanol–water partition coefficient (Wildman–Crippen LogP) is 1.34. The fraction of sp³-hybridized carbons (Fsp3) is 0.688. The molecular weight excluding hydrogens is 346 g/mol. The van der Waals surface area contributed by atoms with E-state index in [2.05, 4.69) is 15.6 Å². The van der Waals surface area contributed by atoms with Crippen LogP contribution in [0, 0.1) is 5.41 Å². The van der Waals surface area contributed by atoms with Crippen molar-refractivity contribution in [3.05, 3.63) is 22.4 Å². The molecular formula is C16H27N3O3S2. The minimum atomic E-state index is -2.98. The molecule has 0 aliphatic heterocycles. The normalized spacial score (nSPS) is 19.6. The van der Waals surface area contributed by atoms with Crippen LogP contribution in [-0.2, 0) is 15.4 Å². The molecule has 0 spiro atoms. The van der Waals surface area contributed by atoms with Crippen molar-refractivity contribution in [2.45, 2.75) is 32.3 Å². The van der Waals surface area contributed by atoms with Crippen molar-refractivity contribution in [3.63, 3.8) is 0 Å². The minimum Gasteiger partial charge on any atom is -0.383 e. The number of rotatable bonds is 8. The molecule has 1 unspecified atom stereocenters. The second kappa shape index (κ2) is 7.41. The summed E-state index contributed by atoms with van der Waals surface area (Å²) in [6.07, 6.45) is 3.11. The lowest BCUT2D eigenvalue weighted by atomic mass is 10.1. The number of sulfone groups is 1. The molecule has 0 bridgehead atoms. The van der Waals surface area contributed by atoms with Crippen molar-refractivity contribution in [2.24, 2.45) is 10.4 Å². The van der Waals surface area contributed by atoms with Crippen LogP contribution in [0.3, 0.4) is 0 Å². The zero-order chi connectivity index (χ0) is 17.8. The van der Waals surface area contributed by atoms with Crippen LogP contribution in [-0.4, -0.2) is 51.1 Å². The monoisotopic (exact) mass is 373 g/mol. The lowest BCUT2D eigenvalue weighted by Crippen LogP contribution is -2.42. The number of guanidine groups is 1. The third kappa shape index (κ3) is 5.75. The first kappa shape index (κ1) is 19.2. The number of hydrogen-bond donors (Lipinski definition) is 3. The van der Waals surface area contributed by atoms with E-state index in [0.717, 1.165) is 17.7 Å². The van der Waals surface area contributed by atoms with Gasteiger partial charge < -0.3 is 15.7 Å². The van der Waals surface area contributed by atoms with Gasteiger partial charge in [0.25, 0.3) is 0 Å². The molecule has 1 aromatic heterocycles. The number of hydrogen-bond acceptors (Lipinski definition) is 5. The van der Waals surface area contributed by atoms with Gasteiger partial charge in [-0.15, -0.1) is 11.3 Å². The molecule has 136 valence electrons. The first-order chi connectivity index (χ1) is 11.2. The van der Waals surface area contributed by atoms with E-state index in [-0.39, 0.29) is 17.7 Å². The van der Waals surface area contributed by atoms with Gasteiger partial charge in [0.2, 0.25) is 0 Å². The average molecular weight is 374 g/mol. The largest absolute Gasteiger partial charge is 0.383 e. The Morgan fingerprint density at radius 3 is 2.67 bits per heavy atom. The van der Waals surface area contributed by atoms with Crippen LogP contribution >= 0.6 is 11.3 Å². The molecule has 6 nitrogen and oxygen atoms in total. The first-order valence-electron chi connectivity index (χ1n) is 8.12. The molecule has 2 rings (SSSR count). The fourth-order valence-electron chi connectivity index (χ4n) is 2.61. The van der Waals surface area contributed by atoms with E-state index in [1.54, 1.807) is 6.92 Å². The van der Waals surface area contributed by atoms with E-state index in [1.807, 2.05) is 24.4 Å². The highest BCUT2D eigenvalue weighted by molar-refractivity contribution is 7.90. The topological polar surface area (TPSA) is 90.8 Å². The third-order valence-corrected chi connectivity index (χ3v) is 6.36. The molecule has 0 amide bonds. The van der Waals surface area contributed by atoms with Crippen LogP contribution < -0.4 is 10.6 Å². The number of nitrogens with zero attached hydrogens (tertiary/aromatic N) is 1. The Morgan fingerprint density at radius 1 is 1.46 bits per heavy atom. The van der Waals surface area contributed by atoms with Crippen molar-refractivity contribution in [1.82, 2.24) is 10.6 Å². The van der Waals surface area contributed by atoms with Gasteiger partial charge in [0.15, 0.2) is 5.96 Å². The van der Waals surface area contributed by atoms with Crippen LogP contribution in [0.4, 0.5) is 0 Å². The van der Waals surface area contributed by atoms with Crippen molar-refractivity contribution in [3.8, 4) is 0 Å². The summed E-state index contributed by atoms with van der Waals surface area (Å²) < 4.78 is 23.1. The number of nitrogens with one attached hydrogen (secondary N) is 2. The van der Waals surface area contributed by atoms with Crippen molar-refractivity contribution in [2.75, 3.05) is 31.6 Å². The van der Waals surface area contributed by atoms with E-state index in [1.165, 1.54) is 17.6 Å². The standard InChI is InChI=1S/C16H27N3O3S2/c1-4-17-14(18-10-15(2,20)13-6-5-9-23-13)19-11-16(7-8-16)12-24(3,21)22/h5-6,9,20H,4,7-8,10-12H2,1-3H3,(H2,17,18,19). The summed E-state index contributed by atoms with van der Waals surface area (Å²) in [5.74, 6) is 0.813. The van der Waals surface area contributed by atoms with Gasteiger partial charge in [0.1, 0.15) is 15.4 Å². The molecule has 24 heavy (non-hydrogen) atoms. The number of aliphatic imine (C=N–C) groups is 1. The summed E-state index contributed by atoms with van der Waals surface area (Å²) in [6, 6.07) is 3.80. The molecule has 1 aromatic rings. The Bertz CT molecular complexity index is 663.